The molecule has 0 saturated carbocycles. The number of carbonyl (C=O) groups is 1. The Hall–Kier alpha value is -3.37. The number of aryl methyl sites for hydroxylation is 2. The molecule has 0 fully saturated rings. The molecule has 0 bridgehead atoms. The molecule has 1 atom stereocenters. The third-order valence-corrected chi connectivity index (χ3v) is 4.66. The van der Waals surface area contributed by atoms with Gasteiger partial charge in [-0.25, -0.2) is 24.1 Å². The average Bonchev–Trinajstić information content (AvgIpc) is 2.65. The predicted octanol–water partition coefficient (Wildman–Crippen LogP) is 3.61. The lowest BCUT2D eigenvalue weighted by atomic mass is 9.89. The quantitative estimate of drug-likeness (QED) is 0.606. The Morgan fingerprint density at radius 3 is 2.47 bits per heavy atom. The molecular formula is C19H16F4N4O3. The minimum absolute atomic E-state index is 0.00211. The Kier molecular flexibility index (Phi) is 5.55. The predicted molar refractivity (Wildman–Crippen MR) is 97.8 cm³/mol. The Labute approximate surface area is 166 Å². The molecule has 2 aromatic heterocycles. The van der Waals surface area contributed by atoms with Crippen molar-refractivity contribution in [1.82, 2.24) is 19.9 Å². The number of carboxylic acid groups (broad SMARTS) is 1. The van der Waals surface area contributed by atoms with Crippen LogP contribution in [0.25, 0.3) is 10.9 Å². The number of halogens is 4. The number of hydrogen-bond donors (Lipinski definition) is 2. The minimum atomic E-state index is -4.99. The summed E-state index contributed by atoms with van der Waals surface area (Å²) < 4.78 is 55.8. The molecule has 0 amide bonds. The van der Waals surface area contributed by atoms with Gasteiger partial charge in [0.25, 0.3) is 5.56 Å². The second-order valence-corrected chi connectivity index (χ2v) is 6.83. The van der Waals surface area contributed by atoms with E-state index in [1.807, 2.05) is 0 Å². The Morgan fingerprint density at radius 1 is 1.27 bits per heavy atom. The summed E-state index contributed by atoms with van der Waals surface area (Å²) in [7, 11) is 0. The molecule has 0 spiro atoms. The molecule has 2 heterocycles. The van der Waals surface area contributed by atoms with E-state index in [9.17, 15) is 27.2 Å². The summed E-state index contributed by atoms with van der Waals surface area (Å²) in [6.07, 6.45) is -2.56. The number of nitrogens with one attached hydrogen (secondary N) is 1. The molecule has 0 aliphatic heterocycles. The van der Waals surface area contributed by atoms with Crippen LogP contribution in [0, 0.1) is 12.7 Å². The van der Waals surface area contributed by atoms with E-state index in [1.165, 1.54) is 13.8 Å². The first-order valence-electron chi connectivity index (χ1n) is 8.83. The molecule has 7 nitrogen and oxygen atoms in total. The SMILES string of the molecule is Cc1nc2c(F)c(C(F)(F)F)c([C@H](C)CCc3ncc(C(=O)O)cn3)cc2c(=O)[nH]1. The van der Waals surface area contributed by atoms with Gasteiger partial charge in [0.2, 0.25) is 0 Å². The van der Waals surface area contributed by atoms with Crippen LogP contribution in [-0.2, 0) is 12.6 Å². The van der Waals surface area contributed by atoms with Crippen LogP contribution in [0.5, 0.6) is 0 Å². The van der Waals surface area contributed by atoms with Crippen LogP contribution in [-0.4, -0.2) is 31.0 Å². The van der Waals surface area contributed by atoms with Crippen molar-refractivity contribution in [2.75, 3.05) is 0 Å². The maximum Gasteiger partial charge on any atom is 0.419 e. The third-order valence-electron chi connectivity index (χ3n) is 4.66. The highest BCUT2D eigenvalue weighted by Crippen LogP contribution is 2.40. The van der Waals surface area contributed by atoms with Crippen molar-refractivity contribution in [3.63, 3.8) is 0 Å². The molecule has 1 aromatic carbocycles. The maximum atomic E-state index is 14.8. The highest BCUT2D eigenvalue weighted by Gasteiger charge is 2.39. The van der Waals surface area contributed by atoms with Gasteiger partial charge in [-0.05, 0) is 30.9 Å². The number of nitrogens with zero attached hydrogens (tertiary/aromatic N) is 3. The zero-order valence-electron chi connectivity index (χ0n) is 15.8. The van der Waals surface area contributed by atoms with E-state index in [1.54, 1.807) is 0 Å². The highest BCUT2D eigenvalue weighted by molar-refractivity contribution is 5.86. The lowest BCUT2D eigenvalue weighted by Crippen LogP contribution is -2.18. The summed E-state index contributed by atoms with van der Waals surface area (Å²) in [6, 6.07) is 1.02. The van der Waals surface area contributed by atoms with E-state index in [4.69, 9.17) is 5.11 Å². The van der Waals surface area contributed by atoms with E-state index in [2.05, 4.69) is 19.9 Å². The van der Waals surface area contributed by atoms with Crippen LogP contribution in [0.15, 0.2) is 23.3 Å². The minimum Gasteiger partial charge on any atom is -0.478 e. The van der Waals surface area contributed by atoms with Crippen LogP contribution in [0.2, 0.25) is 0 Å². The van der Waals surface area contributed by atoms with Gasteiger partial charge in [-0.15, -0.1) is 0 Å². The van der Waals surface area contributed by atoms with Crippen molar-refractivity contribution in [2.24, 2.45) is 0 Å². The summed E-state index contributed by atoms with van der Waals surface area (Å²) in [4.78, 5) is 36.8. The van der Waals surface area contributed by atoms with Gasteiger partial charge in [0.1, 0.15) is 17.2 Å². The summed E-state index contributed by atoms with van der Waals surface area (Å²) >= 11 is 0. The summed E-state index contributed by atoms with van der Waals surface area (Å²) in [5.74, 6) is -3.35. The molecule has 0 saturated heterocycles. The molecule has 11 heteroatoms. The smallest absolute Gasteiger partial charge is 0.419 e. The number of aromatic nitrogens is 4. The van der Waals surface area contributed by atoms with Crippen LogP contribution in [0.1, 0.15) is 52.4 Å². The third kappa shape index (κ3) is 4.14. The zero-order chi connectivity index (χ0) is 22.2. The fourth-order valence-electron chi connectivity index (χ4n) is 3.14. The lowest BCUT2D eigenvalue weighted by molar-refractivity contribution is -0.140. The van der Waals surface area contributed by atoms with Crippen molar-refractivity contribution < 1.29 is 27.5 Å². The fraction of sp³-hybridized carbons (Fsp3) is 0.316. The molecular weight excluding hydrogens is 408 g/mol. The first-order chi connectivity index (χ1) is 14.0. The molecule has 0 aliphatic carbocycles. The average molecular weight is 424 g/mol. The van der Waals surface area contributed by atoms with Gasteiger partial charge >= 0.3 is 12.1 Å². The number of rotatable bonds is 5. The standard InChI is InChI=1S/C19H16F4N4O3/c1-8(3-4-13-24-6-10(7-25-13)18(29)30)11-5-12-16(26-9(2)27-17(12)28)15(20)14(11)19(21,22)23/h5-8H,3-4H2,1-2H3,(H,29,30)(H,26,27,28)/t8-/m1/s1. The van der Waals surface area contributed by atoms with Crippen LogP contribution in [0.3, 0.4) is 0 Å². The fourth-order valence-corrected chi connectivity index (χ4v) is 3.14. The number of aromatic carboxylic acids is 1. The van der Waals surface area contributed by atoms with Crippen molar-refractivity contribution in [2.45, 2.75) is 38.8 Å². The molecule has 0 unspecified atom stereocenters. The molecule has 3 aromatic rings. The number of hydrogen-bond acceptors (Lipinski definition) is 5. The number of H-pyrrole nitrogens is 1. The summed E-state index contributed by atoms with van der Waals surface area (Å²) in [6.45, 7) is 2.82. The second kappa shape index (κ2) is 7.81. The van der Waals surface area contributed by atoms with Crippen LogP contribution in [0.4, 0.5) is 17.6 Å². The zero-order valence-corrected chi connectivity index (χ0v) is 15.8. The van der Waals surface area contributed by atoms with Gasteiger partial charge in [0, 0.05) is 18.8 Å². The maximum absolute atomic E-state index is 14.8. The lowest BCUT2D eigenvalue weighted by Gasteiger charge is -2.20. The van der Waals surface area contributed by atoms with Gasteiger partial charge in [0.05, 0.1) is 16.5 Å². The first-order valence-corrected chi connectivity index (χ1v) is 8.83. The van der Waals surface area contributed by atoms with Gasteiger partial charge in [0.15, 0.2) is 5.82 Å². The van der Waals surface area contributed by atoms with Crippen molar-refractivity contribution in [3.8, 4) is 0 Å². The number of fused-ring (bicyclic) bond motifs is 1. The number of alkyl halides is 3. The molecule has 3 rings (SSSR count). The molecule has 0 radical (unpaired) electrons. The Balaban J connectivity index is 2.00. The van der Waals surface area contributed by atoms with Crippen LogP contribution >= 0.6 is 0 Å². The summed E-state index contributed by atoms with van der Waals surface area (Å²) in [5.41, 5.74) is -3.31. The van der Waals surface area contributed by atoms with E-state index in [-0.39, 0.29) is 41.0 Å². The van der Waals surface area contributed by atoms with Gasteiger partial charge < -0.3 is 10.1 Å². The van der Waals surface area contributed by atoms with Gasteiger partial charge in [-0.1, -0.05) is 6.92 Å². The Morgan fingerprint density at radius 2 is 1.90 bits per heavy atom. The van der Waals surface area contributed by atoms with E-state index in [0.29, 0.717) is 0 Å². The normalized spacial score (nSPS) is 12.9. The van der Waals surface area contributed by atoms with Crippen molar-refractivity contribution >= 4 is 16.9 Å². The molecule has 0 aliphatic rings. The number of aromatic amines is 1. The van der Waals surface area contributed by atoms with Crippen molar-refractivity contribution in [1.29, 1.82) is 0 Å². The largest absolute Gasteiger partial charge is 0.478 e. The number of carboxylic acids is 1. The Bertz CT molecular complexity index is 1170. The molecule has 158 valence electrons. The van der Waals surface area contributed by atoms with Gasteiger partial charge in [-0.2, -0.15) is 13.2 Å². The topological polar surface area (TPSA) is 109 Å². The number of benzene rings is 1. The van der Waals surface area contributed by atoms with Gasteiger partial charge in [-0.3, -0.25) is 4.79 Å². The first kappa shape index (κ1) is 21.3. The van der Waals surface area contributed by atoms with Crippen LogP contribution < -0.4 is 5.56 Å². The second-order valence-electron chi connectivity index (χ2n) is 6.83. The van der Waals surface area contributed by atoms with Crippen molar-refractivity contribution in [3.05, 3.63) is 63.0 Å². The van der Waals surface area contributed by atoms with E-state index < -0.39 is 40.5 Å². The summed E-state index contributed by atoms with van der Waals surface area (Å²) in [5, 5.41) is 8.58. The van der Waals surface area contributed by atoms with E-state index in [0.717, 1.165) is 18.5 Å². The molecule has 2 N–H and O–H groups in total. The highest BCUT2D eigenvalue weighted by atomic mass is 19.4. The molecule has 30 heavy (non-hydrogen) atoms. The van der Waals surface area contributed by atoms with E-state index >= 15 is 0 Å². The monoisotopic (exact) mass is 424 g/mol.